The first-order valence-corrected chi connectivity index (χ1v) is 14.0. The van der Waals surface area contributed by atoms with E-state index in [1.54, 1.807) is 12.4 Å². The Morgan fingerprint density at radius 1 is 1.00 bits per heavy atom. The lowest BCUT2D eigenvalue weighted by Crippen LogP contribution is -2.46. The third-order valence-corrected chi connectivity index (χ3v) is 8.87. The van der Waals surface area contributed by atoms with Gasteiger partial charge in [-0.3, -0.25) is 9.88 Å². The van der Waals surface area contributed by atoms with Crippen molar-refractivity contribution in [2.24, 2.45) is 0 Å². The minimum absolute atomic E-state index is 0.262. The van der Waals surface area contributed by atoms with E-state index < -0.39 is 5.41 Å². The number of aromatic nitrogens is 4. The van der Waals surface area contributed by atoms with Crippen LogP contribution in [0.3, 0.4) is 0 Å². The number of nitrogens with zero attached hydrogens (tertiary/aromatic N) is 4. The van der Waals surface area contributed by atoms with Crippen LogP contribution >= 0.6 is 0 Å². The first-order valence-electron chi connectivity index (χ1n) is 14.0. The van der Waals surface area contributed by atoms with Crippen molar-refractivity contribution in [3.63, 3.8) is 0 Å². The fraction of sp³-hybridized carbons (Fsp3) is 0.387. The van der Waals surface area contributed by atoms with E-state index in [0.29, 0.717) is 12.1 Å². The Hall–Kier alpha value is -3.75. The molecular formula is C31H34N6O2. The molecule has 8 heteroatoms. The number of H-pyrrole nitrogens is 1. The zero-order chi connectivity index (χ0) is 26.2. The van der Waals surface area contributed by atoms with Crippen LogP contribution in [0.4, 0.5) is 5.82 Å². The molecule has 2 fully saturated rings. The molecule has 3 aliphatic rings. The molecule has 0 spiro atoms. The third-order valence-electron chi connectivity index (χ3n) is 8.87. The highest BCUT2D eigenvalue weighted by Gasteiger charge is 2.37. The van der Waals surface area contributed by atoms with Crippen LogP contribution in [-0.2, 0) is 16.6 Å². The number of hydrogen-bond acceptors (Lipinski definition) is 7. The van der Waals surface area contributed by atoms with E-state index in [0.717, 1.165) is 79.2 Å². The Morgan fingerprint density at radius 2 is 1.82 bits per heavy atom. The van der Waals surface area contributed by atoms with Crippen LogP contribution in [0, 0.1) is 0 Å². The van der Waals surface area contributed by atoms with Crippen LogP contribution in [0.15, 0.2) is 61.2 Å². The topological polar surface area (TPSA) is 99.2 Å². The smallest absolute Gasteiger partial charge is 0.143 e. The molecule has 3 N–H and O–H groups in total. The van der Waals surface area contributed by atoms with Gasteiger partial charge in [-0.05, 0) is 79.1 Å². The second-order valence-corrected chi connectivity index (χ2v) is 11.0. The lowest BCUT2D eigenvalue weighted by molar-refractivity contribution is 0.00791. The molecule has 1 atom stereocenters. The number of pyridine rings is 1. The number of morpholine rings is 1. The molecule has 3 aromatic heterocycles. The highest BCUT2D eigenvalue weighted by Crippen LogP contribution is 2.45. The quantitative estimate of drug-likeness (QED) is 0.350. The molecule has 1 aromatic carbocycles. The molecule has 4 heterocycles. The Kier molecular flexibility index (Phi) is 6.29. The van der Waals surface area contributed by atoms with Crippen LogP contribution in [0.5, 0.6) is 5.75 Å². The first-order chi connectivity index (χ1) is 19.2. The van der Waals surface area contributed by atoms with Crippen LogP contribution in [0.1, 0.15) is 48.1 Å². The maximum atomic E-state index is 10.4. The average Bonchev–Trinajstić information content (AvgIpc) is 3.37. The molecule has 1 aliphatic heterocycles. The highest BCUT2D eigenvalue weighted by molar-refractivity contribution is 5.94. The Morgan fingerprint density at radius 3 is 2.62 bits per heavy atom. The van der Waals surface area contributed by atoms with E-state index in [1.165, 1.54) is 18.4 Å². The van der Waals surface area contributed by atoms with Crippen molar-refractivity contribution >= 4 is 22.9 Å². The number of phenolic OH excluding ortho intramolecular Hbond substituents is 1. The second-order valence-electron chi connectivity index (χ2n) is 11.0. The van der Waals surface area contributed by atoms with E-state index in [9.17, 15) is 5.11 Å². The van der Waals surface area contributed by atoms with Crippen LogP contribution in [0.2, 0.25) is 0 Å². The molecule has 1 unspecified atom stereocenters. The maximum Gasteiger partial charge on any atom is 0.143 e. The fourth-order valence-corrected chi connectivity index (χ4v) is 6.82. The van der Waals surface area contributed by atoms with Gasteiger partial charge in [-0.25, -0.2) is 9.97 Å². The fourth-order valence-electron chi connectivity index (χ4n) is 6.82. The Labute approximate surface area is 228 Å². The largest absolute Gasteiger partial charge is 0.508 e. The number of rotatable bonds is 5. The zero-order valence-corrected chi connectivity index (χ0v) is 22.0. The van der Waals surface area contributed by atoms with Crippen molar-refractivity contribution in [3.8, 4) is 5.75 Å². The zero-order valence-electron chi connectivity index (χ0n) is 22.0. The Balaban J connectivity index is 1.21. The highest BCUT2D eigenvalue weighted by atomic mass is 16.5. The van der Waals surface area contributed by atoms with Crippen molar-refractivity contribution in [2.45, 2.75) is 49.6 Å². The van der Waals surface area contributed by atoms with Crippen molar-refractivity contribution in [3.05, 3.63) is 83.6 Å². The molecule has 200 valence electrons. The first kappa shape index (κ1) is 24.3. The monoisotopic (exact) mass is 522 g/mol. The summed E-state index contributed by atoms with van der Waals surface area (Å²) >= 11 is 0. The van der Waals surface area contributed by atoms with Crippen molar-refractivity contribution in [1.29, 1.82) is 0 Å². The van der Waals surface area contributed by atoms with Crippen molar-refractivity contribution in [2.75, 3.05) is 31.6 Å². The van der Waals surface area contributed by atoms with Gasteiger partial charge in [-0.15, -0.1) is 0 Å². The molecule has 1 saturated heterocycles. The van der Waals surface area contributed by atoms with Gasteiger partial charge >= 0.3 is 0 Å². The number of aromatic amines is 1. The van der Waals surface area contributed by atoms with Gasteiger partial charge in [0.1, 0.15) is 23.5 Å². The van der Waals surface area contributed by atoms with Crippen LogP contribution in [0.25, 0.3) is 17.1 Å². The predicted molar refractivity (Wildman–Crippen MR) is 152 cm³/mol. The minimum atomic E-state index is -0.451. The maximum absolute atomic E-state index is 10.4. The summed E-state index contributed by atoms with van der Waals surface area (Å²) in [5.74, 6) is 1.17. The van der Waals surface area contributed by atoms with Crippen LogP contribution < -0.4 is 5.32 Å². The number of anilines is 1. The van der Waals surface area contributed by atoms with E-state index >= 15 is 0 Å². The lowest BCUT2D eigenvalue weighted by atomic mass is 9.68. The number of aromatic hydroxyl groups is 1. The standard InChI is InChI=1S/C31H34N6O2/c38-25-3-1-2-22(18-25)31(21-9-12-32-13-10-21)11-8-27-26(19-31)28-29(33-20-34-30(28)36-27)35-23-4-6-24(7-5-23)37-14-16-39-17-15-37/h1-3,8-13,18,20,23-24,38H,4-7,14-17,19H2,(H2,33,34,35,36)/t23-,24-,31?. The minimum Gasteiger partial charge on any atom is -0.508 e. The average molecular weight is 523 g/mol. The molecule has 0 amide bonds. The van der Waals surface area contributed by atoms with Gasteiger partial charge < -0.3 is 20.1 Å². The summed E-state index contributed by atoms with van der Waals surface area (Å²) < 4.78 is 5.55. The molecule has 0 radical (unpaired) electrons. The number of fused-ring (bicyclic) bond motifs is 3. The summed E-state index contributed by atoms with van der Waals surface area (Å²) in [4.78, 5) is 19.8. The summed E-state index contributed by atoms with van der Waals surface area (Å²) in [6, 6.07) is 12.8. The summed E-state index contributed by atoms with van der Waals surface area (Å²) in [5, 5.41) is 15.3. The molecule has 4 aromatic rings. The number of hydrogen-bond donors (Lipinski definition) is 3. The van der Waals surface area contributed by atoms with Crippen molar-refractivity contribution < 1.29 is 9.84 Å². The normalized spacial score (nSPS) is 25.4. The van der Waals surface area contributed by atoms with Gasteiger partial charge in [0.2, 0.25) is 0 Å². The molecule has 2 aliphatic carbocycles. The molecule has 1 saturated carbocycles. The number of allylic oxidation sites excluding steroid dienone is 1. The van der Waals surface area contributed by atoms with E-state index in [-0.39, 0.29) is 5.75 Å². The molecule has 39 heavy (non-hydrogen) atoms. The summed E-state index contributed by atoms with van der Waals surface area (Å²) in [5.41, 5.74) is 4.83. The second kappa shape index (κ2) is 10.1. The predicted octanol–water partition coefficient (Wildman–Crippen LogP) is 4.67. The van der Waals surface area contributed by atoms with Crippen molar-refractivity contribution in [1.82, 2.24) is 24.8 Å². The van der Waals surface area contributed by atoms with Crippen LogP contribution in [-0.4, -0.2) is 68.3 Å². The van der Waals surface area contributed by atoms with E-state index in [4.69, 9.17) is 9.72 Å². The summed E-state index contributed by atoms with van der Waals surface area (Å²) in [6.07, 6.45) is 15.1. The summed E-state index contributed by atoms with van der Waals surface area (Å²) in [7, 11) is 0. The van der Waals surface area contributed by atoms with Gasteiger partial charge in [0.05, 0.1) is 18.6 Å². The Bertz CT molecular complexity index is 1490. The molecular weight excluding hydrogens is 488 g/mol. The molecule has 8 nitrogen and oxygen atoms in total. The van der Waals surface area contributed by atoms with Gasteiger partial charge in [0.25, 0.3) is 0 Å². The third kappa shape index (κ3) is 4.47. The van der Waals surface area contributed by atoms with E-state index in [2.05, 4.69) is 55.5 Å². The molecule has 7 rings (SSSR count). The number of phenols is 1. The number of nitrogens with one attached hydrogen (secondary N) is 2. The molecule has 0 bridgehead atoms. The lowest BCUT2D eigenvalue weighted by Gasteiger charge is -2.39. The van der Waals surface area contributed by atoms with E-state index in [1.807, 2.05) is 24.5 Å². The SMILES string of the molecule is Oc1cccc(C2(c3ccncc3)C=Cc3[nH]c4ncnc(N[C@H]5CC[C@H](N6CCOCC6)CC5)c4c3C2)c1. The van der Waals surface area contributed by atoms with Gasteiger partial charge in [0.15, 0.2) is 0 Å². The number of benzene rings is 1. The van der Waals surface area contributed by atoms with Gasteiger partial charge in [-0.1, -0.05) is 18.2 Å². The van der Waals surface area contributed by atoms with Gasteiger partial charge in [0, 0.05) is 48.7 Å². The van der Waals surface area contributed by atoms with Gasteiger partial charge in [-0.2, -0.15) is 0 Å². The number of ether oxygens (including phenoxy) is 1. The summed E-state index contributed by atoms with van der Waals surface area (Å²) in [6.45, 7) is 3.81.